The maximum Gasteiger partial charge on any atom is 0.413 e. The highest BCUT2D eigenvalue weighted by molar-refractivity contribution is 5.88. The minimum atomic E-state index is -1.08. The van der Waals surface area contributed by atoms with E-state index in [0.29, 0.717) is 22.8 Å². The fraction of sp³-hybridized carbons (Fsp3) is 0.235. The second-order valence-electron chi connectivity index (χ2n) is 5.99. The zero-order valence-electron chi connectivity index (χ0n) is 15.3. The molecule has 11 heteroatoms. The van der Waals surface area contributed by atoms with Crippen molar-refractivity contribution in [3.05, 3.63) is 47.4 Å². The molecule has 146 valence electrons. The Morgan fingerprint density at radius 1 is 1.36 bits per heavy atom. The first-order chi connectivity index (χ1) is 13.3. The molecule has 1 atom stereocenters. The molecule has 0 aromatic carbocycles. The van der Waals surface area contributed by atoms with E-state index in [1.54, 1.807) is 26.1 Å². The molecule has 28 heavy (non-hydrogen) atoms. The van der Waals surface area contributed by atoms with Gasteiger partial charge in [-0.3, -0.25) is 5.32 Å². The van der Waals surface area contributed by atoms with Gasteiger partial charge < -0.3 is 10.5 Å². The average molecular weight is 389 g/mol. The van der Waals surface area contributed by atoms with Gasteiger partial charge in [-0.15, -0.1) is 5.10 Å². The van der Waals surface area contributed by atoms with Crippen molar-refractivity contribution in [3.8, 4) is 11.4 Å². The monoisotopic (exact) mass is 389 g/mol. The standard InChI is InChI=1S/C17H17F2N7O2/c1-8-12(20)4-5-13(22-8)14-16(26(3)25-24-14)23-17(27)28-9(2)11-6-10(18)7-21-15(11)19/h4-7,9H,20H2,1-3H3,(H,23,27)/t9-/m1/s1. The summed E-state index contributed by atoms with van der Waals surface area (Å²) in [6, 6.07) is 4.22. The zero-order valence-corrected chi connectivity index (χ0v) is 15.3. The number of carbonyl (C=O) groups excluding carboxylic acids is 1. The molecule has 9 nitrogen and oxygen atoms in total. The van der Waals surface area contributed by atoms with Crippen LogP contribution in [0.5, 0.6) is 0 Å². The van der Waals surface area contributed by atoms with E-state index in [4.69, 9.17) is 10.5 Å². The first kappa shape index (κ1) is 19.1. The molecule has 0 unspecified atom stereocenters. The highest BCUT2D eigenvalue weighted by Crippen LogP contribution is 2.26. The number of nitrogens with one attached hydrogen (secondary N) is 1. The van der Waals surface area contributed by atoms with Crippen molar-refractivity contribution in [2.45, 2.75) is 20.0 Å². The molecule has 0 radical (unpaired) electrons. The summed E-state index contributed by atoms with van der Waals surface area (Å²) in [5.74, 6) is -1.45. The highest BCUT2D eigenvalue weighted by Gasteiger charge is 2.21. The lowest BCUT2D eigenvalue weighted by Crippen LogP contribution is -2.19. The van der Waals surface area contributed by atoms with Gasteiger partial charge in [-0.1, -0.05) is 5.21 Å². The first-order valence-corrected chi connectivity index (χ1v) is 8.18. The first-order valence-electron chi connectivity index (χ1n) is 8.18. The molecule has 0 aliphatic heterocycles. The zero-order chi connectivity index (χ0) is 20.4. The van der Waals surface area contributed by atoms with E-state index in [-0.39, 0.29) is 11.4 Å². The molecule has 0 saturated heterocycles. The number of aromatic nitrogens is 5. The molecule has 3 aromatic rings. The summed E-state index contributed by atoms with van der Waals surface area (Å²) < 4.78 is 33.5. The smallest absolute Gasteiger partial charge is 0.413 e. The molecule has 3 heterocycles. The van der Waals surface area contributed by atoms with Crippen LogP contribution in [0.15, 0.2) is 24.4 Å². The molecule has 0 spiro atoms. The average Bonchev–Trinajstić information content (AvgIpc) is 3.00. The van der Waals surface area contributed by atoms with Gasteiger partial charge >= 0.3 is 6.09 Å². The lowest BCUT2D eigenvalue weighted by molar-refractivity contribution is 0.118. The second kappa shape index (κ2) is 7.55. The van der Waals surface area contributed by atoms with Gasteiger partial charge in [0.05, 0.1) is 28.8 Å². The molecule has 3 rings (SSSR count). The Balaban J connectivity index is 1.80. The molecule has 3 N–H and O–H groups in total. The van der Waals surface area contributed by atoms with Crippen molar-refractivity contribution < 1.29 is 18.3 Å². The van der Waals surface area contributed by atoms with Crippen molar-refractivity contribution >= 4 is 17.6 Å². The lowest BCUT2D eigenvalue weighted by Gasteiger charge is -2.15. The van der Waals surface area contributed by atoms with Gasteiger partial charge in [0.25, 0.3) is 0 Å². The molecule has 3 aromatic heterocycles. The SMILES string of the molecule is Cc1nc(-c2nnn(C)c2NC(=O)O[C@H](C)c2cc(F)cnc2F)ccc1N. The van der Waals surface area contributed by atoms with Crippen LogP contribution in [0.3, 0.4) is 0 Å². The number of anilines is 2. The maximum atomic E-state index is 13.7. The Bertz CT molecular complexity index is 1040. The van der Waals surface area contributed by atoms with Crippen LogP contribution in [0.4, 0.5) is 25.1 Å². The maximum absolute atomic E-state index is 13.7. The normalized spacial score (nSPS) is 11.9. The number of halogens is 2. The Kier molecular flexibility index (Phi) is 5.16. The minimum absolute atomic E-state index is 0.186. The van der Waals surface area contributed by atoms with Crippen LogP contribution in [-0.2, 0) is 11.8 Å². The van der Waals surface area contributed by atoms with E-state index in [9.17, 15) is 13.6 Å². The van der Waals surface area contributed by atoms with Gasteiger partial charge in [0.15, 0.2) is 11.5 Å². The van der Waals surface area contributed by atoms with Crippen molar-refractivity contribution in [2.24, 2.45) is 7.05 Å². The van der Waals surface area contributed by atoms with Crippen LogP contribution in [-0.4, -0.2) is 31.1 Å². The van der Waals surface area contributed by atoms with E-state index in [0.717, 1.165) is 12.3 Å². The molecular formula is C17H17F2N7O2. The number of pyridine rings is 2. The second-order valence-corrected chi connectivity index (χ2v) is 5.99. The number of ether oxygens (including phenoxy) is 1. The summed E-state index contributed by atoms with van der Waals surface area (Å²) in [4.78, 5) is 19.9. The third-order valence-electron chi connectivity index (χ3n) is 3.97. The van der Waals surface area contributed by atoms with E-state index in [1.165, 1.54) is 11.6 Å². The number of hydrogen-bond acceptors (Lipinski definition) is 7. The molecule has 0 aliphatic rings. The number of aryl methyl sites for hydroxylation is 2. The summed E-state index contributed by atoms with van der Waals surface area (Å²) in [5, 5.41) is 10.4. The van der Waals surface area contributed by atoms with Crippen molar-refractivity contribution in [1.82, 2.24) is 25.0 Å². The number of carbonyl (C=O) groups is 1. The molecule has 1 amide bonds. The van der Waals surface area contributed by atoms with Crippen molar-refractivity contribution in [1.29, 1.82) is 0 Å². The summed E-state index contributed by atoms with van der Waals surface area (Å²) >= 11 is 0. The Hall–Kier alpha value is -3.63. The number of rotatable bonds is 4. The van der Waals surface area contributed by atoms with E-state index in [2.05, 4.69) is 25.6 Å². The van der Waals surface area contributed by atoms with E-state index < -0.39 is 24.0 Å². The van der Waals surface area contributed by atoms with Crippen LogP contribution in [0.1, 0.15) is 24.3 Å². The molecule has 0 bridgehead atoms. The van der Waals surface area contributed by atoms with Gasteiger partial charge in [0.1, 0.15) is 11.9 Å². The fourth-order valence-electron chi connectivity index (χ4n) is 2.45. The Morgan fingerprint density at radius 3 is 2.82 bits per heavy atom. The highest BCUT2D eigenvalue weighted by atomic mass is 19.1. The van der Waals surface area contributed by atoms with Crippen LogP contribution in [0.25, 0.3) is 11.4 Å². The molecule has 0 aliphatic carbocycles. The summed E-state index contributed by atoms with van der Waals surface area (Å²) in [5.41, 5.74) is 7.44. The molecule has 0 fully saturated rings. The summed E-state index contributed by atoms with van der Waals surface area (Å²) in [6.45, 7) is 3.13. The van der Waals surface area contributed by atoms with Gasteiger partial charge in [0, 0.05) is 7.05 Å². The third kappa shape index (κ3) is 3.87. The van der Waals surface area contributed by atoms with E-state index in [1.807, 2.05) is 0 Å². The van der Waals surface area contributed by atoms with Gasteiger partial charge in [0.2, 0.25) is 5.95 Å². The topological polar surface area (TPSA) is 121 Å². The van der Waals surface area contributed by atoms with Gasteiger partial charge in [-0.2, -0.15) is 4.39 Å². The molecular weight excluding hydrogens is 372 g/mol. The predicted octanol–water partition coefficient (Wildman–Crippen LogP) is 2.75. The quantitative estimate of drug-likeness (QED) is 0.658. The van der Waals surface area contributed by atoms with Gasteiger partial charge in [-0.25, -0.2) is 23.8 Å². The van der Waals surface area contributed by atoms with Crippen molar-refractivity contribution in [2.75, 3.05) is 11.1 Å². The number of nitrogens with two attached hydrogens (primary N) is 1. The lowest BCUT2D eigenvalue weighted by atomic mass is 10.2. The number of amides is 1. The van der Waals surface area contributed by atoms with Crippen molar-refractivity contribution in [3.63, 3.8) is 0 Å². The Labute approximate surface area is 158 Å². The van der Waals surface area contributed by atoms with Crippen LogP contribution < -0.4 is 11.1 Å². The van der Waals surface area contributed by atoms with Crippen LogP contribution in [0, 0.1) is 18.7 Å². The number of nitrogens with zero attached hydrogens (tertiary/aromatic N) is 5. The summed E-state index contributed by atoms with van der Waals surface area (Å²) in [7, 11) is 1.57. The summed E-state index contributed by atoms with van der Waals surface area (Å²) in [6.07, 6.45) is -1.25. The fourth-order valence-corrected chi connectivity index (χ4v) is 2.45. The third-order valence-corrected chi connectivity index (χ3v) is 3.97. The minimum Gasteiger partial charge on any atom is -0.441 e. The Morgan fingerprint density at radius 2 is 2.11 bits per heavy atom. The predicted molar refractivity (Wildman–Crippen MR) is 96.1 cm³/mol. The van der Waals surface area contributed by atoms with Crippen LogP contribution >= 0.6 is 0 Å². The van der Waals surface area contributed by atoms with Gasteiger partial charge in [-0.05, 0) is 32.0 Å². The van der Waals surface area contributed by atoms with E-state index >= 15 is 0 Å². The van der Waals surface area contributed by atoms with Crippen LogP contribution in [0.2, 0.25) is 0 Å². The molecule has 0 saturated carbocycles. The number of nitrogen functional groups attached to an aromatic ring is 1. The largest absolute Gasteiger partial charge is 0.441 e. The number of hydrogen-bond donors (Lipinski definition) is 2.